The molecule has 0 atom stereocenters. The predicted molar refractivity (Wildman–Crippen MR) is 83.1 cm³/mol. The molecule has 1 saturated carbocycles. The summed E-state index contributed by atoms with van der Waals surface area (Å²) in [6.07, 6.45) is 5.13. The molecule has 98 valence electrons. The third-order valence-electron chi connectivity index (χ3n) is 3.52. The van der Waals surface area contributed by atoms with Crippen molar-refractivity contribution in [3.8, 4) is 0 Å². The molecule has 1 amide bonds. The average Bonchev–Trinajstić information content (AvgIpc) is 2.84. The quantitative estimate of drug-likeness (QED) is 0.723. The molecular weight excluding hydrogens is 361 g/mol. The van der Waals surface area contributed by atoms with Crippen molar-refractivity contribution in [2.24, 2.45) is 5.92 Å². The number of carbonyl (C=O) groups is 1. The maximum Gasteiger partial charge on any atom is 0.253 e. The van der Waals surface area contributed by atoms with Crippen LogP contribution in [-0.4, -0.2) is 24.4 Å². The first-order valence-electron chi connectivity index (χ1n) is 6.28. The number of amides is 1. The van der Waals surface area contributed by atoms with E-state index in [0.717, 1.165) is 10.1 Å². The SMILES string of the molecule is CN(CC1CCCC1)C(=O)c1ccc(I)c(Cl)c1. The number of rotatable bonds is 3. The van der Waals surface area contributed by atoms with E-state index in [-0.39, 0.29) is 5.91 Å². The van der Waals surface area contributed by atoms with Crippen molar-refractivity contribution in [2.75, 3.05) is 13.6 Å². The normalized spacial score (nSPS) is 15.9. The Balaban J connectivity index is 2.02. The van der Waals surface area contributed by atoms with Crippen LogP contribution in [0.25, 0.3) is 0 Å². The van der Waals surface area contributed by atoms with Gasteiger partial charge in [0.25, 0.3) is 5.91 Å². The Morgan fingerprint density at radius 1 is 1.44 bits per heavy atom. The van der Waals surface area contributed by atoms with Gasteiger partial charge in [-0.1, -0.05) is 24.4 Å². The van der Waals surface area contributed by atoms with E-state index < -0.39 is 0 Å². The minimum absolute atomic E-state index is 0.0696. The Kier molecular flexibility index (Phi) is 4.90. The van der Waals surface area contributed by atoms with E-state index in [9.17, 15) is 4.79 Å². The highest BCUT2D eigenvalue weighted by molar-refractivity contribution is 14.1. The standard InChI is InChI=1S/C14H17ClINO/c1-17(9-10-4-2-3-5-10)14(18)11-6-7-13(16)12(15)8-11/h6-8,10H,2-5,9H2,1H3. The van der Waals surface area contributed by atoms with Crippen molar-refractivity contribution in [3.63, 3.8) is 0 Å². The minimum Gasteiger partial charge on any atom is -0.341 e. The molecule has 0 radical (unpaired) electrons. The number of hydrogen-bond acceptors (Lipinski definition) is 1. The molecule has 1 aliphatic rings. The number of hydrogen-bond donors (Lipinski definition) is 0. The molecule has 0 bridgehead atoms. The summed E-state index contributed by atoms with van der Waals surface area (Å²) in [7, 11) is 1.88. The average molecular weight is 378 g/mol. The first-order valence-corrected chi connectivity index (χ1v) is 7.74. The van der Waals surface area contributed by atoms with Crippen LogP contribution in [0.3, 0.4) is 0 Å². The second-order valence-corrected chi connectivity index (χ2v) is 6.53. The highest BCUT2D eigenvalue weighted by atomic mass is 127. The second-order valence-electron chi connectivity index (χ2n) is 4.97. The molecule has 2 nitrogen and oxygen atoms in total. The van der Waals surface area contributed by atoms with Crippen molar-refractivity contribution in [1.29, 1.82) is 0 Å². The van der Waals surface area contributed by atoms with Crippen LogP contribution in [0.1, 0.15) is 36.0 Å². The number of benzene rings is 1. The smallest absolute Gasteiger partial charge is 0.253 e. The van der Waals surface area contributed by atoms with Gasteiger partial charge in [0.05, 0.1) is 5.02 Å². The van der Waals surface area contributed by atoms with Crippen molar-refractivity contribution >= 4 is 40.1 Å². The van der Waals surface area contributed by atoms with E-state index in [1.54, 1.807) is 6.07 Å². The van der Waals surface area contributed by atoms with E-state index in [4.69, 9.17) is 11.6 Å². The fourth-order valence-electron chi connectivity index (χ4n) is 2.51. The van der Waals surface area contributed by atoms with Crippen molar-refractivity contribution < 1.29 is 4.79 Å². The lowest BCUT2D eigenvalue weighted by Crippen LogP contribution is -2.31. The van der Waals surface area contributed by atoms with Crippen LogP contribution in [0.4, 0.5) is 0 Å². The van der Waals surface area contributed by atoms with Crippen LogP contribution in [0, 0.1) is 9.49 Å². The molecule has 1 aromatic rings. The predicted octanol–water partition coefficient (Wildman–Crippen LogP) is 4.21. The summed E-state index contributed by atoms with van der Waals surface area (Å²) in [4.78, 5) is 14.1. The van der Waals surface area contributed by atoms with Gasteiger partial charge in [0.15, 0.2) is 0 Å². The van der Waals surface area contributed by atoms with Gasteiger partial charge in [-0.05, 0) is 59.5 Å². The van der Waals surface area contributed by atoms with Crippen molar-refractivity contribution in [2.45, 2.75) is 25.7 Å². The van der Waals surface area contributed by atoms with Crippen LogP contribution in [0.2, 0.25) is 5.02 Å². The molecule has 0 N–H and O–H groups in total. The van der Waals surface area contributed by atoms with Crippen molar-refractivity contribution in [1.82, 2.24) is 4.90 Å². The summed E-state index contributed by atoms with van der Waals surface area (Å²) >= 11 is 8.22. The van der Waals surface area contributed by atoms with Gasteiger partial charge in [0.2, 0.25) is 0 Å². The number of nitrogens with zero attached hydrogens (tertiary/aromatic N) is 1. The molecule has 0 spiro atoms. The van der Waals surface area contributed by atoms with Gasteiger partial charge in [0.1, 0.15) is 0 Å². The van der Waals surface area contributed by atoms with E-state index in [2.05, 4.69) is 22.6 Å². The Morgan fingerprint density at radius 3 is 2.72 bits per heavy atom. The summed E-state index contributed by atoms with van der Waals surface area (Å²) in [6.45, 7) is 0.864. The third-order valence-corrected chi connectivity index (χ3v) is 5.09. The summed E-state index contributed by atoms with van der Waals surface area (Å²) in [5.41, 5.74) is 0.681. The van der Waals surface area contributed by atoms with Gasteiger partial charge in [-0.3, -0.25) is 4.79 Å². The molecule has 4 heteroatoms. The van der Waals surface area contributed by atoms with Crippen LogP contribution in [-0.2, 0) is 0 Å². The zero-order valence-electron chi connectivity index (χ0n) is 10.5. The summed E-state index contributed by atoms with van der Waals surface area (Å²) in [5, 5.41) is 0.649. The zero-order chi connectivity index (χ0) is 13.1. The van der Waals surface area contributed by atoms with Crippen LogP contribution in [0.5, 0.6) is 0 Å². The molecular formula is C14H17ClINO. The van der Waals surface area contributed by atoms with Gasteiger partial charge in [0, 0.05) is 22.7 Å². The molecule has 0 unspecified atom stereocenters. The summed E-state index contributed by atoms with van der Waals surface area (Å²) in [6, 6.07) is 5.50. The lowest BCUT2D eigenvalue weighted by molar-refractivity contribution is 0.0773. The van der Waals surface area contributed by atoms with E-state index >= 15 is 0 Å². The van der Waals surface area contributed by atoms with Gasteiger partial charge < -0.3 is 4.90 Å². The minimum atomic E-state index is 0.0696. The highest BCUT2D eigenvalue weighted by Gasteiger charge is 2.20. The Bertz CT molecular complexity index is 443. The fraction of sp³-hybridized carbons (Fsp3) is 0.500. The topological polar surface area (TPSA) is 20.3 Å². The molecule has 2 rings (SSSR count). The molecule has 0 aromatic heterocycles. The van der Waals surface area contributed by atoms with Gasteiger partial charge in [-0.15, -0.1) is 0 Å². The molecule has 18 heavy (non-hydrogen) atoms. The Labute approximate surface area is 127 Å². The van der Waals surface area contributed by atoms with E-state index in [1.807, 2.05) is 24.1 Å². The molecule has 0 aliphatic heterocycles. The second kappa shape index (κ2) is 6.24. The van der Waals surface area contributed by atoms with Crippen LogP contribution < -0.4 is 0 Å². The van der Waals surface area contributed by atoms with Crippen LogP contribution >= 0.6 is 34.2 Å². The lowest BCUT2D eigenvalue weighted by Gasteiger charge is -2.21. The monoisotopic (exact) mass is 377 g/mol. The molecule has 0 heterocycles. The summed E-state index contributed by atoms with van der Waals surface area (Å²) < 4.78 is 0.976. The number of halogens is 2. The first-order chi connectivity index (χ1) is 8.58. The Morgan fingerprint density at radius 2 is 2.11 bits per heavy atom. The highest BCUT2D eigenvalue weighted by Crippen LogP contribution is 2.26. The first kappa shape index (κ1) is 14.1. The van der Waals surface area contributed by atoms with Gasteiger partial charge in [-0.25, -0.2) is 0 Å². The Hall–Kier alpha value is -0.290. The molecule has 1 fully saturated rings. The van der Waals surface area contributed by atoms with Crippen molar-refractivity contribution in [3.05, 3.63) is 32.4 Å². The fourth-order valence-corrected chi connectivity index (χ4v) is 3.03. The molecule has 1 aliphatic carbocycles. The lowest BCUT2D eigenvalue weighted by atomic mass is 10.1. The summed E-state index contributed by atoms with van der Waals surface area (Å²) in [5.74, 6) is 0.749. The molecule has 1 aromatic carbocycles. The molecule has 0 saturated heterocycles. The largest absolute Gasteiger partial charge is 0.341 e. The maximum atomic E-state index is 12.3. The van der Waals surface area contributed by atoms with E-state index in [0.29, 0.717) is 16.5 Å². The van der Waals surface area contributed by atoms with Gasteiger partial charge >= 0.3 is 0 Å². The third kappa shape index (κ3) is 3.38. The van der Waals surface area contributed by atoms with Gasteiger partial charge in [-0.2, -0.15) is 0 Å². The van der Waals surface area contributed by atoms with E-state index in [1.165, 1.54) is 25.7 Å². The van der Waals surface area contributed by atoms with Crippen LogP contribution in [0.15, 0.2) is 18.2 Å². The zero-order valence-corrected chi connectivity index (χ0v) is 13.4. The maximum absolute atomic E-state index is 12.3. The number of carbonyl (C=O) groups excluding carboxylic acids is 1.